The summed E-state index contributed by atoms with van der Waals surface area (Å²) >= 11 is 0. The first-order valence-electron chi connectivity index (χ1n) is 6.88. The van der Waals surface area contributed by atoms with Crippen molar-refractivity contribution in [3.05, 3.63) is 29.3 Å². The highest BCUT2D eigenvalue weighted by molar-refractivity contribution is 6.39. The SMILES string of the molecule is Cc1cccc(C)c1NC(=O)C(=O)N1CCN(C=O)CC1. The lowest BCUT2D eigenvalue weighted by atomic mass is 10.1. The number of carbonyl (C=O) groups excluding carboxylic acids is 3. The van der Waals surface area contributed by atoms with Crippen molar-refractivity contribution < 1.29 is 14.4 Å². The topological polar surface area (TPSA) is 69.7 Å². The van der Waals surface area contributed by atoms with Gasteiger partial charge in [0.05, 0.1) is 0 Å². The van der Waals surface area contributed by atoms with E-state index >= 15 is 0 Å². The van der Waals surface area contributed by atoms with Crippen molar-refractivity contribution in [1.29, 1.82) is 0 Å². The predicted octanol–water partition coefficient (Wildman–Crippen LogP) is 0.543. The molecular weight excluding hydrogens is 270 g/mol. The van der Waals surface area contributed by atoms with E-state index in [9.17, 15) is 14.4 Å². The van der Waals surface area contributed by atoms with Gasteiger partial charge in [-0.1, -0.05) is 18.2 Å². The standard InChI is InChI=1S/C15H19N3O3/c1-11-4-3-5-12(2)13(11)16-14(20)15(21)18-8-6-17(10-19)7-9-18/h3-5,10H,6-9H2,1-2H3,(H,16,20). The summed E-state index contributed by atoms with van der Waals surface area (Å²) < 4.78 is 0. The van der Waals surface area contributed by atoms with Crippen LogP contribution in [0, 0.1) is 13.8 Å². The average Bonchev–Trinajstić information content (AvgIpc) is 2.50. The van der Waals surface area contributed by atoms with Gasteiger partial charge in [-0.3, -0.25) is 14.4 Å². The van der Waals surface area contributed by atoms with Crippen molar-refractivity contribution in [3.63, 3.8) is 0 Å². The second-order valence-electron chi connectivity index (χ2n) is 5.15. The van der Waals surface area contributed by atoms with Gasteiger partial charge >= 0.3 is 11.8 Å². The third-order valence-electron chi connectivity index (χ3n) is 3.66. The van der Waals surface area contributed by atoms with Gasteiger partial charge in [0.1, 0.15) is 0 Å². The fourth-order valence-corrected chi connectivity index (χ4v) is 2.35. The molecule has 6 heteroatoms. The van der Waals surface area contributed by atoms with Crippen LogP contribution >= 0.6 is 0 Å². The van der Waals surface area contributed by atoms with E-state index in [-0.39, 0.29) is 0 Å². The second kappa shape index (κ2) is 6.39. The Bertz CT molecular complexity index is 543. The molecule has 1 aromatic carbocycles. The number of carbonyl (C=O) groups is 3. The number of rotatable bonds is 2. The molecule has 0 aliphatic carbocycles. The summed E-state index contributed by atoms with van der Waals surface area (Å²) in [6, 6.07) is 5.67. The predicted molar refractivity (Wildman–Crippen MR) is 78.8 cm³/mol. The Hall–Kier alpha value is -2.37. The molecule has 0 unspecified atom stereocenters. The molecule has 1 aliphatic heterocycles. The maximum absolute atomic E-state index is 12.1. The maximum Gasteiger partial charge on any atom is 0.313 e. The van der Waals surface area contributed by atoms with Crippen LogP contribution in [-0.2, 0) is 14.4 Å². The summed E-state index contributed by atoms with van der Waals surface area (Å²) in [5, 5.41) is 2.69. The zero-order chi connectivity index (χ0) is 15.4. The molecule has 1 aliphatic rings. The van der Waals surface area contributed by atoms with Crippen molar-refractivity contribution in [3.8, 4) is 0 Å². The van der Waals surface area contributed by atoms with Crippen LogP contribution in [0.1, 0.15) is 11.1 Å². The number of hydrogen-bond acceptors (Lipinski definition) is 3. The van der Waals surface area contributed by atoms with Crippen molar-refractivity contribution in [1.82, 2.24) is 9.80 Å². The zero-order valence-corrected chi connectivity index (χ0v) is 12.3. The van der Waals surface area contributed by atoms with E-state index in [1.54, 1.807) is 4.90 Å². The van der Waals surface area contributed by atoms with Gasteiger partial charge in [0.25, 0.3) is 0 Å². The third kappa shape index (κ3) is 3.39. The Balaban J connectivity index is 2.00. The monoisotopic (exact) mass is 289 g/mol. The number of aryl methyl sites for hydroxylation is 2. The Kier molecular flexibility index (Phi) is 4.57. The maximum atomic E-state index is 12.1. The second-order valence-corrected chi connectivity index (χ2v) is 5.15. The lowest BCUT2D eigenvalue weighted by Gasteiger charge is -2.32. The summed E-state index contributed by atoms with van der Waals surface area (Å²) in [5.41, 5.74) is 2.52. The molecule has 1 fully saturated rings. The molecule has 2 rings (SSSR count). The lowest BCUT2D eigenvalue weighted by molar-refractivity contribution is -0.144. The smallest absolute Gasteiger partial charge is 0.313 e. The van der Waals surface area contributed by atoms with Crippen LogP contribution in [0.15, 0.2) is 18.2 Å². The van der Waals surface area contributed by atoms with Crippen LogP contribution in [0.25, 0.3) is 0 Å². The Morgan fingerprint density at radius 3 is 2.19 bits per heavy atom. The van der Waals surface area contributed by atoms with Gasteiger partial charge < -0.3 is 15.1 Å². The van der Waals surface area contributed by atoms with Crippen molar-refractivity contribution in [2.45, 2.75) is 13.8 Å². The van der Waals surface area contributed by atoms with E-state index in [0.29, 0.717) is 31.9 Å². The first-order chi connectivity index (χ1) is 10.0. The molecule has 0 aromatic heterocycles. The highest BCUT2D eigenvalue weighted by Crippen LogP contribution is 2.19. The molecule has 0 radical (unpaired) electrons. The van der Waals surface area contributed by atoms with E-state index in [1.165, 1.54) is 4.90 Å². The molecule has 1 saturated heterocycles. The van der Waals surface area contributed by atoms with Crippen LogP contribution in [0.2, 0.25) is 0 Å². The molecule has 0 saturated carbocycles. The number of anilines is 1. The minimum absolute atomic E-state index is 0.387. The largest absolute Gasteiger partial charge is 0.342 e. The summed E-state index contributed by atoms with van der Waals surface area (Å²) in [5.74, 6) is -1.19. The lowest BCUT2D eigenvalue weighted by Crippen LogP contribution is -2.51. The fourth-order valence-electron chi connectivity index (χ4n) is 2.35. The average molecular weight is 289 g/mol. The molecule has 1 heterocycles. The number of nitrogens with one attached hydrogen (secondary N) is 1. The van der Waals surface area contributed by atoms with Crippen LogP contribution in [0.4, 0.5) is 5.69 Å². The zero-order valence-electron chi connectivity index (χ0n) is 12.3. The van der Waals surface area contributed by atoms with Gasteiger partial charge in [0, 0.05) is 31.9 Å². The molecule has 112 valence electrons. The molecule has 6 nitrogen and oxygen atoms in total. The number of amides is 3. The van der Waals surface area contributed by atoms with E-state index < -0.39 is 11.8 Å². The number of nitrogens with zero attached hydrogens (tertiary/aromatic N) is 2. The molecule has 1 aromatic rings. The van der Waals surface area contributed by atoms with Crippen LogP contribution in [0.5, 0.6) is 0 Å². The van der Waals surface area contributed by atoms with Gasteiger partial charge in [-0.2, -0.15) is 0 Å². The fraction of sp³-hybridized carbons (Fsp3) is 0.400. The quantitative estimate of drug-likeness (QED) is 0.638. The summed E-state index contributed by atoms with van der Waals surface area (Å²) in [6.07, 6.45) is 0.762. The Labute approximate surface area is 123 Å². The third-order valence-corrected chi connectivity index (χ3v) is 3.66. The summed E-state index contributed by atoms with van der Waals surface area (Å²) in [7, 11) is 0. The van der Waals surface area contributed by atoms with Crippen LogP contribution in [0.3, 0.4) is 0 Å². The van der Waals surface area contributed by atoms with Gasteiger partial charge in [0.15, 0.2) is 0 Å². The van der Waals surface area contributed by atoms with Gasteiger partial charge in [0.2, 0.25) is 6.41 Å². The van der Waals surface area contributed by atoms with Crippen molar-refractivity contribution >= 4 is 23.9 Å². The Morgan fingerprint density at radius 1 is 1.10 bits per heavy atom. The van der Waals surface area contributed by atoms with Crippen molar-refractivity contribution in [2.24, 2.45) is 0 Å². The van der Waals surface area contributed by atoms with Gasteiger partial charge in [-0.25, -0.2) is 0 Å². The molecule has 0 spiro atoms. The van der Waals surface area contributed by atoms with E-state index in [1.807, 2.05) is 32.0 Å². The van der Waals surface area contributed by atoms with E-state index in [4.69, 9.17) is 0 Å². The number of para-hydroxylation sites is 1. The molecule has 1 N–H and O–H groups in total. The van der Waals surface area contributed by atoms with Crippen molar-refractivity contribution in [2.75, 3.05) is 31.5 Å². The molecular formula is C15H19N3O3. The number of benzene rings is 1. The molecule has 0 atom stereocenters. The first-order valence-corrected chi connectivity index (χ1v) is 6.88. The summed E-state index contributed by atoms with van der Waals surface area (Å²) in [6.45, 7) is 5.47. The minimum Gasteiger partial charge on any atom is -0.342 e. The van der Waals surface area contributed by atoms with Gasteiger partial charge in [-0.05, 0) is 25.0 Å². The summed E-state index contributed by atoms with van der Waals surface area (Å²) in [4.78, 5) is 37.9. The number of piperazine rings is 1. The van der Waals surface area contributed by atoms with E-state index in [2.05, 4.69) is 5.32 Å². The highest BCUT2D eigenvalue weighted by atomic mass is 16.2. The molecule has 0 bridgehead atoms. The molecule has 3 amide bonds. The number of hydrogen-bond donors (Lipinski definition) is 1. The van der Waals surface area contributed by atoms with Crippen LogP contribution < -0.4 is 5.32 Å². The molecule has 21 heavy (non-hydrogen) atoms. The first kappa shape index (κ1) is 15.0. The normalized spacial score (nSPS) is 14.8. The van der Waals surface area contributed by atoms with Crippen LogP contribution in [-0.4, -0.2) is 54.2 Å². The highest BCUT2D eigenvalue weighted by Gasteiger charge is 2.26. The van der Waals surface area contributed by atoms with Gasteiger partial charge in [-0.15, -0.1) is 0 Å². The van der Waals surface area contributed by atoms with E-state index in [0.717, 1.165) is 17.5 Å². The minimum atomic E-state index is -0.632. The Morgan fingerprint density at radius 2 is 1.67 bits per heavy atom.